The van der Waals surface area contributed by atoms with Crippen LogP contribution in [0.25, 0.3) is 10.9 Å². The number of piperidine rings is 1. The van der Waals surface area contributed by atoms with Crippen LogP contribution < -0.4 is 0 Å². The summed E-state index contributed by atoms with van der Waals surface area (Å²) in [4.78, 5) is 18.2. The maximum atomic E-state index is 11.4. The first kappa shape index (κ1) is 14.6. The summed E-state index contributed by atoms with van der Waals surface area (Å²) in [6.07, 6.45) is 7.37. The molecule has 1 aromatic carbocycles. The van der Waals surface area contributed by atoms with Gasteiger partial charge in [-0.3, -0.25) is 14.7 Å². The molecule has 2 aliphatic rings. The van der Waals surface area contributed by atoms with Crippen LogP contribution in [0.1, 0.15) is 37.7 Å². The van der Waals surface area contributed by atoms with Crippen molar-refractivity contribution in [2.45, 2.75) is 44.2 Å². The molecular formula is C19H22N2O2. The van der Waals surface area contributed by atoms with Crippen molar-refractivity contribution in [1.29, 1.82) is 0 Å². The van der Waals surface area contributed by atoms with Crippen LogP contribution >= 0.6 is 0 Å². The molecule has 0 amide bonds. The van der Waals surface area contributed by atoms with Gasteiger partial charge >= 0.3 is 5.97 Å². The molecule has 4 heteroatoms. The molecule has 4 rings (SSSR count). The zero-order valence-electron chi connectivity index (χ0n) is 13.2. The normalized spacial score (nSPS) is 23.7. The van der Waals surface area contributed by atoms with E-state index >= 15 is 0 Å². The van der Waals surface area contributed by atoms with Crippen LogP contribution in [0.15, 0.2) is 36.5 Å². The molecule has 1 spiro atoms. The first-order valence-electron chi connectivity index (χ1n) is 8.48. The number of aromatic nitrogens is 1. The van der Waals surface area contributed by atoms with Crippen LogP contribution in [0.4, 0.5) is 0 Å². The minimum atomic E-state index is -0.646. The summed E-state index contributed by atoms with van der Waals surface area (Å²) in [5.74, 6) is -0.866. The van der Waals surface area contributed by atoms with Gasteiger partial charge < -0.3 is 5.11 Å². The summed E-state index contributed by atoms with van der Waals surface area (Å²) in [5, 5.41) is 10.5. The number of likely N-dealkylation sites (tertiary alicyclic amines) is 1. The molecule has 120 valence electrons. The van der Waals surface area contributed by atoms with Crippen LogP contribution in [0.2, 0.25) is 0 Å². The smallest absolute Gasteiger partial charge is 0.307 e. The molecule has 0 radical (unpaired) electrons. The number of benzene rings is 1. The zero-order valence-corrected chi connectivity index (χ0v) is 13.2. The first-order chi connectivity index (χ1) is 11.2. The van der Waals surface area contributed by atoms with E-state index in [1.165, 1.54) is 24.8 Å². The fourth-order valence-corrected chi connectivity index (χ4v) is 4.18. The second-order valence-electron chi connectivity index (χ2n) is 7.06. The SMILES string of the molecule is O=C(O)C1CCC2(CCC2)N(Cc2ccc3ncccc3c2)C1. The van der Waals surface area contributed by atoms with Crippen LogP contribution in [0.5, 0.6) is 0 Å². The van der Waals surface area contributed by atoms with Gasteiger partial charge in [0.2, 0.25) is 0 Å². The highest BCUT2D eigenvalue weighted by Gasteiger charge is 2.46. The van der Waals surface area contributed by atoms with E-state index in [0.29, 0.717) is 6.54 Å². The number of carboxylic acid groups (broad SMARTS) is 1. The van der Waals surface area contributed by atoms with Gasteiger partial charge in [-0.1, -0.05) is 12.1 Å². The van der Waals surface area contributed by atoms with Gasteiger partial charge in [-0.2, -0.15) is 0 Å². The van der Waals surface area contributed by atoms with Crippen molar-refractivity contribution in [3.05, 3.63) is 42.1 Å². The summed E-state index contributed by atoms with van der Waals surface area (Å²) >= 11 is 0. The molecule has 1 N–H and O–H groups in total. The Balaban J connectivity index is 1.59. The highest BCUT2D eigenvalue weighted by atomic mass is 16.4. The molecule has 1 saturated heterocycles. The third-order valence-electron chi connectivity index (χ3n) is 5.74. The van der Waals surface area contributed by atoms with Gasteiger partial charge in [-0.05, 0) is 55.9 Å². The van der Waals surface area contributed by atoms with Crippen molar-refractivity contribution < 1.29 is 9.90 Å². The number of carboxylic acids is 1. The third kappa shape index (κ3) is 2.61. The average molecular weight is 310 g/mol. The Bertz CT molecular complexity index is 739. The Morgan fingerprint density at radius 3 is 2.91 bits per heavy atom. The standard InChI is InChI=1S/C19H22N2O2/c22-18(23)16-6-9-19(7-2-8-19)21(13-16)12-14-4-5-17-15(11-14)3-1-10-20-17/h1,3-5,10-11,16H,2,6-9,12-13H2,(H,22,23). The van der Waals surface area contributed by atoms with E-state index < -0.39 is 5.97 Å². The molecule has 0 bridgehead atoms. The Morgan fingerprint density at radius 1 is 1.30 bits per heavy atom. The molecule has 2 heterocycles. The van der Waals surface area contributed by atoms with Crippen LogP contribution in [0, 0.1) is 5.92 Å². The lowest BCUT2D eigenvalue weighted by Gasteiger charge is -2.54. The lowest BCUT2D eigenvalue weighted by Crippen LogP contribution is -2.58. The molecule has 1 aliphatic carbocycles. The minimum Gasteiger partial charge on any atom is -0.481 e. The zero-order chi connectivity index (χ0) is 15.9. The van der Waals surface area contributed by atoms with Crippen molar-refractivity contribution in [1.82, 2.24) is 9.88 Å². The maximum Gasteiger partial charge on any atom is 0.307 e. The number of hydrogen-bond donors (Lipinski definition) is 1. The molecular weight excluding hydrogens is 288 g/mol. The predicted octanol–water partition coefficient (Wildman–Crippen LogP) is 3.45. The summed E-state index contributed by atoms with van der Waals surface area (Å²) in [7, 11) is 0. The van der Waals surface area contributed by atoms with Crippen molar-refractivity contribution in [3.63, 3.8) is 0 Å². The van der Waals surface area contributed by atoms with Gasteiger partial charge in [0, 0.05) is 30.2 Å². The summed E-state index contributed by atoms with van der Waals surface area (Å²) in [6, 6.07) is 10.4. The molecule has 23 heavy (non-hydrogen) atoms. The largest absolute Gasteiger partial charge is 0.481 e. The molecule has 2 fully saturated rings. The van der Waals surface area contributed by atoms with Crippen LogP contribution in [-0.2, 0) is 11.3 Å². The number of aliphatic carboxylic acids is 1. The van der Waals surface area contributed by atoms with Gasteiger partial charge in [-0.15, -0.1) is 0 Å². The minimum absolute atomic E-state index is 0.219. The van der Waals surface area contributed by atoms with Crippen molar-refractivity contribution in [2.24, 2.45) is 5.92 Å². The molecule has 1 unspecified atom stereocenters. The highest BCUT2D eigenvalue weighted by Crippen LogP contribution is 2.46. The number of hydrogen-bond acceptors (Lipinski definition) is 3. The lowest BCUT2D eigenvalue weighted by atomic mass is 9.68. The molecule has 1 atom stereocenters. The summed E-state index contributed by atoms with van der Waals surface area (Å²) in [6.45, 7) is 1.52. The molecule has 4 nitrogen and oxygen atoms in total. The second-order valence-corrected chi connectivity index (χ2v) is 7.06. The highest BCUT2D eigenvalue weighted by molar-refractivity contribution is 5.78. The third-order valence-corrected chi connectivity index (χ3v) is 5.74. The van der Waals surface area contributed by atoms with Gasteiger partial charge in [0.25, 0.3) is 0 Å². The van der Waals surface area contributed by atoms with Gasteiger partial charge in [-0.25, -0.2) is 0 Å². The van der Waals surface area contributed by atoms with Crippen molar-refractivity contribution >= 4 is 16.9 Å². The number of pyridine rings is 1. The maximum absolute atomic E-state index is 11.4. The van der Waals surface area contributed by atoms with Gasteiger partial charge in [0.1, 0.15) is 0 Å². The fourth-order valence-electron chi connectivity index (χ4n) is 4.18. The molecule has 1 saturated carbocycles. The van der Waals surface area contributed by atoms with E-state index in [9.17, 15) is 9.90 Å². The Morgan fingerprint density at radius 2 is 2.17 bits per heavy atom. The quantitative estimate of drug-likeness (QED) is 0.943. The summed E-state index contributed by atoms with van der Waals surface area (Å²) < 4.78 is 0. The average Bonchev–Trinajstić information content (AvgIpc) is 2.53. The molecule has 1 aromatic heterocycles. The Kier molecular flexibility index (Phi) is 3.57. The van der Waals surface area contributed by atoms with E-state index in [4.69, 9.17) is 0 Å². The van der Waals surface area contributed by atoms with E-state index in [-0.39, 0.29) is 11.5 Å². The first-order valence-corrected chi connectivity index (χ1v) is 8.48. The number of nitrogens with zero attached hydrogens (tertiary/aromatic N) is 2. The second kappa shape index (κ2) is 5.60. The molecule has 2 aromatic rings. The topological polar surface area (TPSA) is 53.4 Å². The molecule has 1 aliphatic heterocycles. The van der Waals surface area contributed by atoms with E-state index in [0.717, 1.165) is 30.3 Å². The van der Waals surface area contributed by atoms with Crippen LogP contribution in [-0.4, -0.2) is 33.0 Å². The van der Waals surface area contributed by atoms with Crippen molar-refractivity contribution in [2.75, 3.05) is 6.54 Å². The Hall–Kier alpha value is -1.94. The fraction of sp³-hybridized carbons (Fsp3) is 0.474. The Labute approximate surface area is 136 Å². The van der Waals surface area contributed by atoms with Crippen LogP contribution in [0.3, 0.4) is 0 Å². The number of rotatable bonds is 3. The number of fused-ring (bicyclic) bond motifs is 1. The van der Waals surface area contributed by atoms with E-state index in [2.05, 4.69) is 34.1 Å². The monoisotopic (exact) mass is 310 g/mol. The van der Waals surface area contributed by atoms with Gasteiger partial charge in [0.05, 0.1) is 11.4 Å². The number of carbonyl (C=O) groups is 1. The van der Waals surface area contributed by atoms with E-state index in [1.54, 1.807) is 0 Å². The van der Waals surface area contributed by atoms with Gasteiger partial charge in [0.15, 0.2) is 0 Å². The van der Waals surface area contributed by atoms with Crippen molar-refractivity contribution in [3.8, 4) is 0 Å². The lowest BCUT2D eigenvalue weighted by molar-refractivity contribution is -0.147. The summed E-state index contributed by atoms with van der Waals surface area (Å²) in [5.41, 5.74) is 2.52. The predicted molar refractivity (Wildman–Crippen MR) is 89.1 cm³/mol. The van der Waals surface area contributed by atoms with E-state index in [1.807, 2.05) is 12.3 Å².